The van der Waals surface area contributed by atoms with E-state index in [2.05, 4.69) is 0 Å². The number of alkyl halides is 4. The molecule has 0 aromatic carbocycles. The third-order valence-corrected chi connectivity index (χ3v) is 3.49. The van der Waals surface area contributed by atoms with Gasteiger partial charge in [0.25, 0.3) is 5.91 Å². The van der Waals surface area contributed by atoms with Gasteiger partial charge < -0.3 is 10.6 Å². The highest BCUT2D eigenvalue weighted by atomic mass is 19.3. The molecule has 0 aliphatic carbocycles. The van der Waals surface area contributed by atoms with E-state index in [9.17, 15) is 22.4 Å². The third kappa shape index (κ3) is 2.93. The summed E-state index contributed by atoms with van der Waals surface area (Å²) in [6.45, 7) is 2.05. The quantitative estimate of drug-likeness (QED) is 0.793. The molecule has 7 heteroatoms. The summed E-state index contributed by atoms with van der Waals surface area (Å²) in [6, 6.07) is -0.569. The number of nitrogens with zero attached hydrogens (tertiary/aromatic N) is 1. The monoisotopic (exact) mass is 270 g/mol. The van der Waals surface area contributed by atoms with Crippen LogP contribution in [0.2, 0.25) is 0 Å². The van der Waals surface area contributed by atoms with E-state index >= 15 is 0 Å². The van der Waals surface area contributed by atoms with Gasteiger partial charge in [-0.1, -0.05) is 13.3 Å². The molecular weight excluding hydrogens is 252 g/mol. The van der Waals surface area contributed by atoms with E-state index in [1.165, 1.54) is 0 Å². The smallest absolute Gasteiger partial charge is 0.333 e. The molecule has 1 saturated heterocycles. The van der Waals surface area contributed by atoms with E-state index in [-0.39, 0.29) is 13.1 Å². The van der Waals surface area contributed by atoms with Gasteiger partial charge in [0.05, 0.1) is 0 Å². The van der Waals surface area contributed by atoms with Crippen molar-refractivity contribution in [3.63, 3.8) is 0 Å². The number of carbonyl (C=O) groups excluding carboxylic acids is 1. The van der Waals surface area contributed by atoms with E-state index in [1.54, 1.807) is 0 Å². The van der Waals surface area contributed by atoms with Crippen LogP contribution in [0.5, 0.6) is 0 Å². The Bertz CT molecular complexity index is 299. The predicted molar refractivity (Wildman–Crippen MR) is 58.5 cm³/mol. The van der Waals surface area contributed by atoms with Gasteiger partial charge in [-0.05, 0) is 18.8 Å². The highest BCUT2D eigenvalue weighted by Crippen LogP contribution is 2.31. The Labute approximate surface area is 103 Å². The van der Waals surface area contributed by atoms with Crippen molar-refractivity contribution < 1.29 is 22.4 Å². The van der Waals surface area contributed by atoms with Crippen molar-refractivity contribution >= 4 is 5.91 Å². The topological polar surface area (TPSA) is 46.3 Å². The maximum absolute atomic E-state index is 13.0. The summed E-state index contributed by atoms with van der Waals surface area (Å²) in [5, 5.41) is 0. The van der Waals surface area contributed by atoms with Gasteiger partial charge in [-0.2, -0.15) is 8.78 Å². The number of hydrogen-bond donors (Lipinski definition) is 1. The zero-order valence-corrected chi connectivity index (χ0v) is 10.2. The summed E-state index contributed by atoms with van der Waals surface area (Å²) >= 11 is 0. The normalized spacial score (nSPS) is 25.6. The summed E-state index contributed by atoms with van der Waals surface area (Å²) in [6.07, 6.45) is -2.06. The van der Waals surface area contributed by atoms with E-state index in [0.717, 1.165) is 11.3 Å². The van der Waals surface area contributed by atoms with Gasteiger partial charge in [-0.25, -0.2) is 8.78 Å². The molecule has 2 unspecified atom stereocenters. The van der Waals surface area contributed by atoms with Crippen molar-refractivity contribution in [3.8, 4) is 0 Å². The number of piperidine rings is 1. The van der Waals surface area contributed by atoms with Crippen molar-refractivity contribution in [1.29, 1.82) is 0 Å². The van der Waals surface area contributed by atoms with Crippen LogP contribution in [0.1, 0.15) is 26.2 Å². The summed E-state index contributed by atoms with van der Waals surface area (Å²) in [5.74, 6) is -6.11. The van der Waals surface area contributed by atoms with Gasteiger partial charge in [0.15, 0.2) is 0 Å². The van der Waals surface area contributed by atoms with E-state index in [0.29, 0.717) is 18.8 Å². The molecule has 0 saturated carbocycles. The average Bonchev–Trinajstić information content (AvgIpc) is 2.36. The van der Waals surface area contributed by atoms with Crippen LogP contribution in [0, 0.1) is 5.92 Å². The molecule has 0 spiro atoms. The molecule has 3 nitrogen and oxygen atoms in total. The zero-order chi connectivity index (χ0) is 13.9. The molecule has 1 heterocycles. The molecule has 1 amide bonds. The number of amides is 1. The SMILES string of the molecule is CCC1CCN(C(=O)C(F)(F)C(F)F)C(CN)C1. The van der Waals surface area contributed by atoms with Crippen LogP contribution in [-0.2, 0) is 4.79 Å². The first-order valence-electron chi connectivity index (χ1n) is 6.01. The zero-order valence-electron chi connectivity index (χ0n) is 10.2. The molecule has 1 aliphatic rings. The maximum Gasteiger partial charge on any atom is 0.383 e. The summed E-state index contributed by atoms with van der Waals surface area (Å²) in [4.78, 5) is 12.3. The van der Waals surface area contributed by atoms with E-state index in [1.807, 2.05) is 6.92 Å². The highest BCUT2D eigenvalue weighted by molar-refractivity contribution is 5.84. The minimum absolute atomic E-state index is 0.0154. The Morgan fingerprint density at radius 2 is 2.11 bits per heavy atom. The van der Waals surface area contributed by atoms with Crippen LogP contribution in [0.3, 0.4) is 0 Å². The lowest BCUT2D eigenvalue weighted by atomic mass is 9.88. The van der Waals surface area contributed by atoms with Crippen LogP contribution < -0.4 is 5.73 Å². The molecule has 1 aliphatic heterocycles. The first-order chi connectivity index (χ1) is 8.34. The first-order valence-corrected chi connectivity index (χ1v) is 6.01. The Hall–Kier alpha value is -0.850. The number of rotatable bonds is 4. The molecule has 2 N–H and O–H groups in total. The van der Waals surface area contributed by atoms with E-state index in [4.69, 9.17) is 5.73 Å². The van der Waals surface area contributed by atoms with Crippen LogP contribution >= 0.6 is 0 Å². The van der Waals surface area contributed by atoms with Crippen LogP contribution in [-0.4, -0.2) is 42.3 Å². The highest BCUT2D eigenvalue weighted by Gasteiger charge is 2.52. The number of carbonyl (C=O) groups is 1. The van der Waals surface area contributed by atoms with Crippen molar-refractivity contribution in [2.75, 3.05) is 13.1 Å². The number of hydrogen-bond acceptors (Lipinski definition) is 2. The fourth-order valence-electron chi connectivity index (χ4n) is 2.28. The lowest BCUT2D eigenvalue weighted by molar-refractivity contribution is -0.184. The molecule has 2 atom stereocenters. The second kappa shape index (κ2) is 5.86. The molecule has 1 rings (SSSR count). The number of halogens is 4. The minimum atomic E-state index is -4.62. The van der Waals surface area contributed by atoms with Gasteiger partial charge >= 0.3 is 12.3 Å². The van der Waals surface area contributed by atoms with Gasteiger partial charge in [0.2, 0.25) is 0 Å². The third-order valence-electron chi connectivity index (χ3n) is 3.49. The second-order valence-corrected chi connectivity index (χ2v) is 4.61. The summed E-state index contributed by atoms with van der Waals surface area (Å²) in [5.41, 5.74) is 5.44. The predicted octanol–water partition coefficient (Wildman–Crippen LogP) is 1.86. The lowest BCUT2D eigenvalue weighted by Gasteiger charge is -2.40. The van der Waals surface area contributed by atoms with Gasteiger partial charge in [0, 0.05) is 19.1 Å². The Kier molecular flexibility index (Phi) is 4.95. The maximum atomic E-state index is 13.0. The molecule has 0 radical (unpaired) electrons. The Morgan fingerprint density at radius 3 is 2.56 bits per heavy atom. The van der Waals surface area contributed by atoms with Crippen molar-refractivity contribution in [2.24, 2.45) is 11.7 Å². The fourth-order valence-corrected chi connectivity index (χ4v) is 2.28. The van der Waals surface area contributed by atoms with E-state index < -0.39 is 24.3 Å². The van der Waals surface area contributed by atoms with Gasteiger partial charge in [-0.3, -0.25) is 4.79 Å². The molecule has 106 valence electrons. The number of nitrogens with two attached hydrogens (primary N) is 1. The van der Waals surface area contributed by atoms with Gasteiger partial charge in [0.1, 0.15) is 0 Å². The standard InChI is InChI=1S/C11H18F4N2O/c1-2-7-3-4-17(8(5-7)6-16)10(18)11(14,15)9(12)13/h7-9H,2-6,16H2,1H3. The van der Waals surface area contributed by atoms with Crippen LogP contribution in [0.4, 0.5) is 17.6 Å². The van der Waals surface area contributed by atoms with Crippen molar-refractivity contribution in [1.82, 2.24) is 4.90 Å². The van der Waals surface area contributed by atoms with Crippen molar-refractivity contribution in [3.05, 3.63) is 0 Å². The summed E-state index contributed by atoms with van der Waals surface area (Å²) in [7, 11) is 0. The average molecular weight is 270 g/mol. The largest absolute Gasteiger partial charge is 0.383 e. The van der Waals surface area contributed by atoms with Gasteiger partial charge in [-0.15, -0.1) is 0 Å². The molecular formula is C11H18F4N2O. The van der Waals surface area contributed by atoms with Crippen LogP contribution in [0.25, 0.3) is 0 Å². The Balaban J connectivity index is 2.79. The fraction of sp³-hybridized carbons (Fsp3) is 0.909. The summed E-state index contributed by atoms with van der Waals surface area (Å²) < 4.78 is 50.4. The first kappa shape index (κ1) is 15.2. The molecule has 1 fully saturated rings. The minimum Gasteiger partial charge on any atom is -0.333 e. The number of likely N-dealkylation sites (tertiary alicyclic amines) is 1. The molecule has 18 heavy (non-hydrogen) atoms. The second-order valence-electron chi connectivity index (χ2n) is 4.61. The van der Waals surface area contributed by atoms with Crippen LogP contribution in [0.15, 0.2) is 0 Å². The molecule has 0 bridgehead atoms. The van der Waals surface area contributed by atoms with Crippen molar-refractivity contribution in [2.45, 2.75) is 44.6 Å². The molecule has 0 aromatic rings. The Morgan fingerprint density at radius 1 is 1.50 bits per heavy atom. The lowest BCUT2D eigenvalue weighted by Crippen LogP contribution is -2.56. The molecule has 0 aromatic heterocycles.